The number of rotatable bonds is 2. The Balaban J connectivity index is 2.14. The molecule has 100 valence electrons. The Hall–Kier alpha value is -0.470. The van der Waals surface area contributed by atoms with E-state index in [0.717, 1.165) is 30.4 Å². The lowest BCUT2D eigenvalue weighted by Gasteiger charge is -2.27. The molecule has 0 spiro atoms. The molecule has 2 heterocycles. The molecule has 1 aliphatic rings. The van der Waals surface area contributed by atoms with Gasteiger partial charge in [0.15, 0.2) is 0 Å². The monoisotopic (exact) mass is 286 g/mol. The van der Waals surface area contributed by atoms with Crippen LogP contribution in [-0.4, -0.2) is 18.1 Å². The lowest BCUT2D eigenvalue weighted by atomic mass is 9.80. The highest BCUT2D eigenvalue weighted by Crippen LogP contribution is 2.35. The zero-order valence-corrected chi connectivity index (χ0v) is 12.7. The molecule has 0 amide bonds. The zero-order valence-electron chi connectivity index (χ0n) is 11.2. The molecule has 0 aliphatic carbocycles. The molecule has 1 saturated heterocycles. The van der Waals surface area contributed by atoms with Crippen LogP contribution in [0.4, 0.5) is 5.82 Å². The van der Waals surface area contributed by atoms with Gasteiger partial charge in [-0.15, -0.1) is 11.6 Å². The maximum atomic E-state index is 6.04. The summed E-state index contributed by atoms with van der Waals surface area (Å²) in [6, 6.07) is 2.01. The number of pyridine rings is 1. The van der Waals surface area contributed by atoms with Crippen molar-refractivity contribution in [2.24, 2.45) is 11.3 Å². The molecule has 2 rings (SSSR count). The van der Waals surface area contributed by atoms with E-state index in [2.05, 4.69) is 30.7 Å². The van der Waals surface area contributed by atoms with Gasteiger partial charge in [0.1, 0.15) is 5.82 Å². The van der Waals surface area contributed by atoms with Gasteiger partial charge in [-0.3, -0.25) is 0 Å². The van der Waals surface area contributed by atoms with Crippen LogP contribution in [0.15, 0.2) is 12.3 Å². The van der Waals surface area contributed by atoms with Gasteiger partial charge in [0.25, 0.3) is 0 Å². The number of alkyl halides is 1. The minimum atomic E-state index is 0.358. The summed E-state index contributed by atoms with van der Waals surface area (Å²) >= 11 is 11.9. The average Bonchev–Trinajstić information content (AvgIpc) is 2.78. The fourth-order valence-corrected chi connectivity index (χ4v) is 2.88. The summed E-state index contributed by atoms with van der Waals surface area (Å²) < 4.78 is 0. The molecule has 0 saturated carbocycles. The van der Waals surface area contributed by atoms with Gasteiger partial charge >= 0.3 is 0 Å². The Bertz CT molecular complexity index is 426. The van der Waals surface area contributed by atoms with E-state index in [-0.39, 0.29) is 0 Å². The Morgan fingerprint density at radius 1 is 1.44 bits per heavy atom. The highest BCUT2D eigenvalue weighted by molar-refractivity contribution is 6.32. The molecule has 1 atom stereocenters. The normalized spacial score (nSPS) is 20.5. The molecular weight excluding hydrogens is 267 g/mol. The number of halogens is 2. The molecule has 0 bridgehead atoms. The van der Waals surface area contributed by atoms with Crippen LogP contribution in [-0.2, 0) is 5.88 Å². The Morgan fingerprint density at radius 3 is 2.72 bits per heavy atom. The van der Waals surface area contributed by atoms with E-state index in [1.54, 1.807) is 6.20 Å². The number of aromatic nitrogens is 1. The van der Waals surface area contributed by atoms with Gasteiger partial charge in [0.05, 0.1) is 5.02 Å². The smallest absolute Gasteiger partial charge is 0.128 e. The van der Waals surface area contributed by atoms with Crippen LogP contribution < -0.4 is 4.90 Å². The number of hydrogen-bond acceptors (Lipinski definition) is 2. The van der Waals surface area contributed by atoms with Crippen LogP contribution in [0.3, 0.4) is 0 Å². The minimum absolute atomic E-state index is 0.358. The van der Waals surface area contributed by atoms with Crippen molar-refractivity contribution in [1.82, 2.24) is 4.98 Å². The highest BCUT2D eigenvalue weighted by atomic mass is 35.5. The quantitative estimate of drug-likeness (QED) is 0.752. The average molecular weight is 287 g/mol. The maximum absolute atomic E-state index is 6.04. The molecule has 1 aromatic rings. The molecule has 2 nitrogen and oxygen atoms in total. The first-order valence-corrected chi connectivity index (χ1v) is 7.28. The fourth-order valence-electron chi connectivity index (χ4n) is 2.42. The minimum Gasteiger partial charge on any atom is -0.356 e. The summed E-state index contributed by atoms with van der Waals surface area (Å²) in [4.78, 5) is 6.76. The van der Waals surface area contributed by atoms with E-state index >= 15 is 0 Å². The molecule has 4 heteroatoms. The third-order valence-electron chi connectivity index (χ3n) is 3.80. The van der Waals surface area contributed by atoms with Crippen molar-refractivity contribution in [3.63, 3.8) is 0 Å². The topological polar surface area (TPSA) is 16.1 Å². The lowest BCUT2D eigenvalue weighted by Crippen LogP contribution is -2.26. The molecule has 18 heavy (non-hydrogen) atoms. The van der Waals surface area contributed by atoms with Crippen molar-refractivity contribution in [3.8, 4) is 0 Å². The fraction of sp³-hybridized carbons (Fsp3) is 0.643. The molecular formula is C14H20Cl2N2. The van der Waals surface area contributed by atoms with Gasteiger partial charge in [-0.2, -0.15) is 0 Å². The van der Waals surface area contributed by atoms with Crippen molar-refractivity contribution in [1.29, 1.82) is 0 Å². The zero-order chi connectivity index (χ0) is 13.3. The van der Waals surface area contributed by atoms with Crippen molar-refractivity contribution in [2.45, 2.75) is 33.1 Å². The summed E-state index contributed by atoms with van der Waals surface area (Å²) in [6.07, 6.45) is 2.93. The van der Waals surface area contributed by atoms with Crippen molar-refractivity contribution < 1.29 is 0 Å². The van der Waals surface area contributed by atoms with Gasteiger partial charge in [-0.05, 0) is 29.4 Å². The second-order valence-corrected chi connectivity index (χ2v) is 6.74. The van der Waals surface area contributed by atoms with Crippen LogP contribution in [0.25, 0.3) is 0 Å². The second kappa shape index (κ2) is 5.26. The summed E-state index contributed by atoms with van der Waals surface area (Å²) in [5.74, 6) is 2.15. The van der Waals surface area contributed by atoms with Gasteiger partial charge in [0.2, 0.25) is 0 Å². The number of hydrogen-bond donors (Lipinski definition) is 0. The van der Waals surface area contributed by atoms with Crippen molar-refractivity contribution in [3.05, 3.63) is 22.8 Å². The third-order valence-corrected chi connectivity index (χ3v) is 4.43. The van der Waals surface area contributed by atoms with E-state index in [4.69, 9.17) is 23.2 Å². The summed E-state index contributed by atoms with van der Waals surface area (Å²) in [5, 5.41) is 0.653. The Labute approximate surface area is 119 Å². The van der Waals surface area contributed by atoms with Gasteiger partial charge in [-0.25, -0.2) is 4.98 Å². The number of anilines is 1. The molecule has 1 unspecified atom stereocenters. The Kier molecular flexibility index (Phi) is 4.08. The van der Waals surface area contributed by atoms with Crippen molar-refractivity contribution in [2.75, 3.05) is 18.0 Å². The first-order valence-electron chi connectivity index (χ1n) is 6.37. The molecule has 0 aromatic carbocycles. The van der Waals surface area contributed by atoms with E-state index in [1.165, 1.54) is 6.42 Å². The predicted octanol–water partition coefficient (Wildman–Crippen LogP) is 4.35. The SMILES string of the molecule is CC(C)(C)C1CCN(c2cc(CCl)c(Cl)cn2)C1. The largest absolute Gasteiger partial charge is 0.356 e. The highest BCUT2D eigenvalue weighted by Gasteiger charge is 2.32. The standard InChI is InChI=1S/C14H20Cl2N2/c1-14(2,3)11-4-5-18(9-11)13-6-10(7-15)12(16)8-17-13/h6,8,11H,4-5,7,9H2,1-3H3. The second-order valence-electron chi connectivity index (χ2n) is 6.07. The summed E-state index contributed by atoms with van der Waals surface area (Å²) in [6.45, 7) is 9.06. The Morgan fingerprint density at radius 2 is 2.17 bits per heavy atom. The van der Waals surface area contributed by atoms with E-state index in [9.17, 15) is 0 Å². The molecule has 1 aliphatic heterocycles. The first kappa shape index (κ1) is 14.0. The molecule has 1 fully saturated rings. The van der Waals surface area contributed by atoms with Crippen LogP contribution in [0, 0.1) is 11.3 Å². The molecule has 0 radical (unpaired) electrons. The third kappa shape index (κ3) is 2.92. The van der Waals surface area contributed by atoms with Crippen LogP contribution in [0.5, 0.6) is 0 Å². The predicted molar refractivity (Wildman–Crippen MR) is 78.6 cm³/mol. The van der Waals surface area contributed by atoms with Crippen molar-refractivity contribution >= 4 is 29.0 Å². The van der Waals surface area contributed by atoms with E-state index in [0.29, 0.717) is 16.3 Å². The van der Waals surface area contributed by atoms with Crippen LogP contribution in [0.1, 0.15) is 32.8 Å². The maximum Gasteiger partial charge on any atom is 0.128 e. The number of nitrogens with zero attached hydrogens (tertiary/aromatic N) is 2. The van der Waals surface area contributed by atoms with Crippen LogP contribution >= 0.6 is 23.2 Å². The van der Waals surface area contributed by atoms with Gasteiger partial charge < -0.3 is 4.90 Å². The van der Waals surface area contributed by atoms with Gasteiger partial charge in [0, 0.05) is 25.2 Å². The van der Waals surface area contributed by atoms with E-state index < -0.39 is 0 Å². The first-order chi connectivity index (χ1) is 8.41. The molecule has 0 N–H and O–H groups in total. The van der Waals surface area contributed by atoms with E-state index in [1.807, 2.05) is 6.07 Å². The van der Waals surface area contributed by atoms with Gasteiger partial charge in [-0.1, -0.05) is 32.4 Å². The molecule has 1 aromatic heterocycles. The summed E-state index contributed by atoms with van der Waals surface area (Å²) in [7, 11) is 0. The lowest BCUT2D eigenvalue weighted by molar-refractivity contribution is 0.263. The summed E-state index contributed by atoms with van der Waals surface area (Å²) in [5.41, 5.74) is 1.32. The van der Waals surface area contributed by atoms with Crippen LogP contribution in [0.2, 0.25) is 5.02 Å².